The fourth-order valence-corrected chi connectivity index (χ4v) is 2.07. The van der Waals surface area contributed by atoms with Crippen molar-refractivity contribution in [2.45, 2.75) is 13.1 Å². The molecule has 1 aliphatic rings. The van der Waals surface area contributed by atoms with Crippen LogP contribution in [0.15, 0.2) is 72.0 Å². The fourth-order valence-electron chi connectivity index (χ4n) is 2.07. The molecule has 0 aromatic heterocycles. The minimum Gasteiger partial charge on any atom is -0.372 e. The van der Waals surface area contributed by atoms with E-state index in [0.29, 0.717) is 0 Å². The number of rotatable bonds is 3. The molecule has 20 heavy (non-hydrogen) atoms. The maximum atomic E-state index is 6.10. The van der Waals surface area contributed by atoms with E-state index < -0.39 is 0 Å². The summed E-state index contributed by atoms with van der Waals surface area (Å²) in [4.78, 5) is 0. The summed E-state index contributed by atoms with van der Waals surface area (Å²) in [6.45, 7) is 2.03. The van der Waals surface area contributed by atoms with Gasteiger partial charge in [-0.1, -0.05) is 48.4 Å². The van der Waals surface area contributed by atoms with Crippen LogP contribution in [0.3, 0.4) is 0 Å². The molecule has 0 spiro atoms. The first kappa shape index (κ1) is 13.9. The molecule has 1 aromatic rings. The van der Waals surface area contributed by atoms with Crippen molar-refractivity contribution >= 4 is 5.57 Å². The minimum absolute atomic E-state index is 0.196. The van der Waals surface area contributed by atoms with Crippen molar-refractivity contribution in [2.75, 3.05) is 0 Å². The van der Waals surface area contributed by atoms with Crippen LogP contribution in [-0.2, 0) is 0 Å². The highest BCUT2D eigenvalue weighted by Crippen LogP contribution is 2.24. The fraction of sp³-hybridized carbons (Fsp3) is 0.111. The molecule has 0 saturated carbocycles. The molecule has 100 valence electrons. The Morgan fingerprint density at radius 3 is 2.80 bits per heavy atom. The van der Waals surface area contributed by atoms with Crippen molar-refractivity contribution in [3.05, 3.63) is 77.5 Å². The van der Waals surface area contributed by atoms with Crippen molar-refractivity contribution in [1.29, 1.82) is 0 Å². The second-order valence-electron chi connectivity index (χ2n) is 4.59. The van der Waals surface area contributed by atoms with E-state index >= 15 is 0 Å². The number of allylic oxidation sites excluding steroid dienone is 5. The van der Waals surface area contributed by atoms with Gasteiger partial charge < -0.3 is 11.1 Å². The SMILES string of the molecule is C#C/C=C\C=C(/C)C1=CC(c2ccccc2)=CNC1N. The van der Waals surface area contributed by atoms with Gasteiger partial charge >= 0.3 is 0 Å². The molecule has 2 heteroatoms. The van der Waals surface area contributed by atoms with Crippen molar-refractivity contribution in [3.8, 4) is 12.3 Å². The van der Waals surface area contributed by atoms with Crippen molar-refractivity contribution in [3.63, 3.8) is 0 Å². The van der Waals surface area contributed by atoms with Gasteiger partial charge in [0.25, 0.3) is 0 Å². The zero-order valence-corrected chi connectivity index (χ0v) is 11.5. The normalized spacial score (nSPS) is 19.1. The molecule has 2 rings (SSSR count). The maximum Gasteiger partial charge on any atom is 0.100 e. The Morgan fingerprint density at radius 2 is 2.10 bits per heavy atom. The second kappa shape index (κ2) is 6.60. The lowest BCUT2D eigenvalue weighted by Crippen LogP contribution is -2.38. The van der Waals surface area contributed by atoms with Crippen LogP contribution >= 0.6 is 0 Å². The molecular weight excluding hydrogens is 244 g/mol. The van der Waals surface area contributed by atoms with Crippen LogP contribution in [0, 0.1) is 12.3 Å². The van der Waals surface area contributed by atoms with Crippen LogP contribution in [0.2, 0.25) is 0 Å². The molecule has 0 amide bonds. The van der Waals surface area contributed by atoms with Crippen LogP contribution in [-0.4, -0.2) is 6.17 Å². The number of dihydropyridines is 1. The van der Waals surface area contributed by atoms with Gasteiger partial charge in [-0.15, -0.1) is 6.42 Å². The molecule has 1 aromatic carbocycles. The van der Waals surface area contributed by atoms with E-state index in [0.717, 1.165) is 22.3 Å². The third-order valence-corrected chi connectivity index (χ3v) is 3.17. The summed E-state index contributed by atoms with van der Waals surface area (Å²) in [5.74, 6) is 2.47. The molecule has 1 unspecified atom stereocenters. The Balaban J connectivity index is 2.30. The van der Waals surface area contributed by atoms with Crippen LogP contribution in [0.1, 0.15) is 12.5 Å². The first-order chi connectivity index (χ1) is 9.72. The predicted molar refractivity (Wildman–Crippen MR) is 85.3 cm³/mol. The van der Waals surface area contributed by atoms with Crippen LogP contribution < -0.4 is 11.1 Å². The second-order valence-corrected chi connectivity index (χ2v) is 4.59. The third-order valence-electron chi connectivity index (χ3n) is 3.17. The van der Waals surface area contributed by atoms with Gasteiger partial charge in [-0.05, 0) is 41.4 Å². The minimum atomic E-state index is -0.196. The zero-order valence-electron chi connectivity index (χ0n) is 11.5. The van der Waals surface area contributed by atoms with E-state index in [-0.39, 0.29) is 6.17 Å². The van der Waals surface area contributed by atoms with Gasteiger partial charge in [-0.3, -0.25) is 0 Å². The van der Waals surface area contributed by atoms with E-state index in [1.807, 2.05) is 43.5 Å². The molecule has 0 aliphatic carbocycles. The van der Waals surface area contributed by atoms with Gasteiger partial charge in [0.2, 0.25) is 0 Å². The molecule has 2 nitrogen and oxygen atoms in total. The van der Waals surface area contributed by atoms with Crippen molar-refractivity contribution in [2.24, 2.45) is 5.73 Å². The largest absolute Gasteiger partial charge is 0.372 e. The van der Waals surface area contributed by atoms with E-state index in [1.54, 1.807) is 6.08 Å². The summed E-state index contributed by atoms with van der Waals surface area (Å²) >= 11 is 0. The van der Waals surface area contributed by atoms with Crippen molar-refractivity contribution < 1.29 is 0 Å². The predicted octanol–water partition coefficient (Wildman–Crippen LogP) is 2.98. The van der Waals surface area contributed by atoms with E-state index in [1.165, 1.54) is 0 Å². The van der Waals surface area contributed by atoms with Gasteiger partial charge in [0.05, 0.1) is 0 Å². The summed E-state index contributed by atoms with van der Waals surface area (Å²) in [5, 5.41) is 3.19. The van der Waals surface area contributed by atoms with Crippen LogP contribution in [0.4, 0.5) is 0 Å². The number of hydrogen-bond donors (Lipinski definition) is 2. The number of nitrogens with one attached hydrogen (secondary N) is 1. The lowest BCUT2D eigenvalue weighted by atomic mass is 9.95. The number of terminal acetylenes is 1. The summed E-state index contributed by atoms with van der Waals surface area (Å²) in [6, 6.07) is 10.2. The molecule has 0 fully saturated rings. The Hall–Kier alpha value is -2.50. The highest BCUT2D eigenvalue weighted by atomic mass is 15.0. The van der Waals surface area contributed by atoms with Crippen LogP contribution in [0.25, 0.3) is 5.57 Å². The van der Waals surface area contributed by atoms with E-state index in [4.69, 9.17) is 12.2 Å². The smallest absolute Gasteiger partial charge is 0.100 e. The Kier molecular flexibility index (Phi) is 4.60. The Bertz CT molecular complexity index is 625. The Morgan fingerprint density at radius 1 is 1.35 bits per heavy atom. The molecule has 0 saturated heterocycles. The van der Waals surface area contributed by atoms with Gasteiger partial charge in [-0.25, -0.2) is 0 Å². The average Bonchev–Trinajstić information content (AvgIpc) is 2.49. The average molecular weight is 262 g/mol. The summed E-state index contributed by atoms with van der Waals surface area (Å²) in [6.07, 6.45) is 14.6. The van der Waals surface area contributed by atoms with Crippen molar-refractivity contribution in [1.82, 2.24) is 5.32 Å². The first-order valence-corrected chi connectivity index (χ1v) is 6.51. The first-order valence-electron chi connectivity index (χ1n) is 6.51. The Labute approximate surface area is 120 Å². The third kappa shape index (κ3) is 3.28. The molecule has 3 N–H and O–H groups in total. The molecule has 1 atom stereocenters. The number of benzene rings is 1. The molecule has 1 heterocycles. The standard InChI is InChI=1S/C18H18N2/c1-3-4-6-9-14(2)17-12-16(13-20-18(17)19)15-10-7-5-8-11-15/h1,4-13,18,20H,19H2,2H3/b6-4-,14-9+. The highest BCUT2D eigenvalue weighted by molar-refractivity contribution is 5.77. The number of nitrogens with two attached hydrogens (primary N) is 1. The molecule has 0 bridgehead atoms. The van der Waals surface area contributed by atoms with Gasteiger partial charge in [0.1, 0.15) is 6.17 Å². The summed E-state index contributed by atoms with van der Waals surface area (Å²) in [7, 11) is 0. The highest BCUT2D eigenvalue weighted by Gasteiger charge is 2.15. The lowest BCUT2D eigenvalue weighted by molar-refractivity contribution is 0.695. The maximum absolute atomic E-state index is 6.10. The summed E-state index contributed by atoms with van der Waals surface area (Å²) < 4.78 is 0. The zero-order chi connectivity index (χ0) is 14.4. The number of hydrogen-bond acceptors (Lipinski definition) is 2. The molecule has 1 aliphatic heterocycles. The molecule has 0 radical (unpaired) electrons. The van der Waals surface area contributed by atoms with Gasteiger partial charge in [0.15, 0.2) is 0 Å². The monoisotopic (exact) mass is 262 g/mol. The summed E-state index contributed by atoms with van der Waals surface area (Å²) in [5.41, 5.74) is 10.5. The van der Waals surface area contributed by atoms with E-state index in [2.05, 4.69) is 29.4 Å². The van der Waals surface area contributed by atoms with Crippen LogP contribution in [0.5, 0.6) is 0 Å². The topological polar surface area (TPSA) is 38.0 Å². The molecular formula is C18H18N2. The van der Waals surface area contributed by atoms with E-state index in [9.17, 15) is 0 Å². The quantitative estimate of drug-likeness (QED) is 0.649. The van der Waals surface area contributed by atoms with Gasteiger partial charge in [0, 0.05) is 6.20 Å². The van der Waals surface area contributed by atoms with Gasteiger partial charge in [-0.2, -0.15) is 0 Å². The lowest BCUT2D eigenvalue weighted by Gasteiger charge is -2.23.